The van der Waals surface area contributed by atoms with E-state index in [4.69, 9.17) is 16.6 Å². The summed E-state index contributed by atoms with van der Waals surface area (Å²) in [4.78, 5) is 14.0. The highest BCUT2D eigenvalue weighted by Gasteiger charge is 2.11. The molecule has 0 fully saturated rings. The molecule has 0 atom stereocenters. The van der Waals surface area contributed by atoms with Crippen molar-refractivity contribution in [2.24, 2.45) is 0 Å². The normalized spacial score (nSPS) is 10.5. The van der Waals surface area contributed by atoms with Crippen molar-refractivity contribution in [3.05, 3.63) is 53.5 Å². The second-order valence-electron chi connectivity index (χ2n) is 5.59. The Morgan fingerprint density at radius 1 is 1.12 bits per heavy atom. The van der Waals surface area contributed by atoms with Crippen LogP contribution in [0.25, 0.3) is 0 Å². The molecule has 0 saturated heterocycles. The molecule has 0 saturated carbocycles. The Bertz CT molecular complexity index is 695. The SMILES string of the molecule is CCc1ccc(NC(=S)NNC(=O)c2ccc(CN(C)C)o2)cc1. The predicted octanol–water partition coefficient (Wildman–Crippen LogP) is 2.54. The second kappa shape index (κ2) is 8.47. The molecule has 3 N–H and O–H groups in total. The Morgan fingerprint density at radius 3 is 2.46 bits per heavy atom. The Morgan fingerprint density at radius 2 is 1.83 bits per heavy atom. The first-order valence-corrected chi connectivity index (χ1v) is 8.08. The molecule has 2 rings (SSSR count). The number of nitrogens with zero attached hydrogens (tertiary/aromatic N) is 1. The molecule has 7 heteroatoms. The Hall–Kier alpha value is -2.38. The van der Waals surface area contributed by atoms with Crippen LogP contribution in [0, 0.1) is 0 Å². The van der Waals surface area contributed by atoms with Crippen molar-refractivity contribution < 1.29 is 9.21 Å². The zero-order chi connectivity index (χ0) is 17.5. The molecule has 1 aromatic carbocycles. The molecule has 6 nitrogen and oxygen atoms in total. The van der Waals surface area contributed by atoms with Crippen LogP contribution in [-0.4, -0.2) is 30.0 Å². The second-order valence-corrected chi connectivity index (χ2v) is 6.00. The fraction of sp³-hybridized carbons (Fsp3) is 0.294. The van der Waals surface area contributed by atoms with Crippen molar-refractivity contribution in [1.82, 2.24) is 15.8 Å². The monoisotopic (exact) mass is 346 g/mol. The molecule has 0 aliphatic rings. The lowest BCUT2D eigenvalue weighted by Crippen LogP contribution is -2.43. The van der Waals surface area contributed by atoms with Crippen LogP contribution in [0.4, 0.5) is 5.69 Å². The largest absolute Gasteiger partial charge is 0.454 e. The van der Waals surface area contributed by atoms with Crippen molar-refractivity contribution in [2.45, 2.75) is 19.9 Å². The molecular formula is C17H22N4O2S. The van der Waals surface area contributed by atoms with E-state index in [1.54, 1.807) is 12.1 Å². The minimum absolute atomic E-state index is 0.231. The molecule has 2 aromatic rings. The topological polar surface area (TPSA) is 69.5 Å². The lowest BCUT2D eigenvalue weighted by Gasteiger charge is -2.11. The zero-order valence-corrected chi connectivity index (χ0v) is 14.9. The van der Waals surface area contributed by atoms with Gasteiger partial charge >= 0.3 is 5.91 Å². The number of aryl methyl sites for hydroxylation is 1. The van der Waals surface area contributed by atoms with E-state index in [2.05, 4.69) is 23.1 Å². The lowest BCUT2D eigenvalue weighted by molar-refractivity contribution is 0.0913. The van der Waals surface area contributed by atoms with Gasteiger partial charge in [0.25, 0.3) is 0 Å². The summed E-state index contributed by atoms with van der Waals surface area (Å²) in [5, 5.41) is 3.30. The first-order valence-electron chi connectivity index (χ1n) is 7.67. The molecular weight excluding hydrogens is 324 g/mol. The average molecular weight is 346 g/mol. The standard InChI is InChI=1S/C17H22N4O2S/c1-4-12-5-7-13(8-6-12)18-17(24)20-19-16(22)15-10-9-14(23-15)11-21(2)3/h5-10H,4,11H2,1-3H3,(H,19,22)(H2,18,20,24). The van der Waals surface area contributed by atoms with Crippen molar-refractivity contribution in [3.8, 4) is 0 Å². The smallest absolute Gasteiger partial charge is 0.305 e. The maximum atomic E-state index is 12.0. The third kappa shape index (κ3) is 5.36. The van der Waals surface area contributed by atoms with Crippen LogP contribution in [0.5, 0.6) is 0 Å². The first kappa shape index (κ1) is 18.0. The summed E-state index contributed by atoms with van der Waals surface area (Å²) >= 11 is 5.15. The Kier molecular flexibility index (Phi) is 6.34. The molecule has 0 aliphatic carbocycles. The highest BCUT2D eigenvalue weighted by Crippen LogP contribution is 2.10. The summed E-state index contributed by atoms with van der Waals surface area (Å²) in [6.45, 7) is 2.73. The van der Waals surface area contributed by atoms with E-state index in [0.717, 1.165) is 17.9 Å². The van der Waals surface area contributed by atoms with E-state index in [0.29, 0.717) is 11.7 Å². The average Bonchev–Trinajstić information content (AvgIpc) is 3.01. The first-order chi connectivity index (χ1) is 11.5. The van der Waals surface area contributed by atoms with Gasteiger partial charge in [-0.05, 0) is 62.6 Å². The van der Waals surface area contributed by atoms with Crippen LogP contribution in [-0.2, 0) is 13.0 Å². The quantitative estimate of drug-likeness (QED) is 0.571. The number of furan rings is 1. The van der Waals surface area contributed by atoms with Crippen LogP contribution < -0.4 is 16.2 Å². The van der Waals surface area contributed by atoms with E-state index in [9.17, 15) is 4.79 Å². The summed E-state index contributed by atoms with van der Waals surface area (Å²) in [6, 6.07) is 11.3. The highest BCUT2D eigenvalue weighted by atomic mass is 32.1. The number of carbonyl (C=O) groups excluding carboxylic acids is 1. The number of carbonyl (C=O) groups is 1. The van der Waals surface area contributed by atoms with Crippen molar-refractivity contribution in [3.63, 3.8) is 0 Å². The number of benzene rings is 1. The molecule has 1 heterocycles. The molecule has 1 amide bonds. The Balaban J connectivity index is 1.82. The minimum atomic E-state index is -0.384. The maximum absolute atomic E-state index is 12.0. The van der Waals surface area contributed by atoms with Gasteiger partial charge in [0.15, 0.2) is 10.9 Å². The number of rotatable bonds is 5. The maximum Gasteiger partial charge on any atom is 0.305 e. The van der Waals surface area contributed by atoms with Gasteiger partial charge in [0, 0.05) is 5.69 Å². The van der Waals surface area contributed by atoms with Gasteiger partial charge in [-0.3, -0.25) is 15.6 Å². The van der Waals surface area contributed by atoms with Gasteiger partial charge in [0.1, 0.15) is 5.76 Å². The van der Waals surface area contributed by atoms with E-state index in [1.807, 2.05) is 43.3 Å². The van der Waals surface area contributed by atoms with Crippen LogP contribution in [0.3, 0.4) is 0 Å². The summed E-state index contributed by atoms with van der Waals surface area (Å²) in [5.41, 5.74) is 7.27. The Labute approximate surface area is 147 Å². The molecule has 0 spiro atoms. The van der Waals surface area contributed by atoms with E-state index >= 15 is 0 Å². The number of thiocarbonyl (C=S) groups is 1. The highest BCUT2D eigenvalue weighted by molar-refractivity contribution is 7.80. The number of hydrogen-bond acceptors (Lipinski definition) is 4. The van der Waals surface area contributed by atoms with Crippen LogP contribution >= 0.6 is 12.2 Å². The van der Waals surface area contributed by atoms with Gasteiger partial charge in [-0.2, -0.15) is 0 Å². The van der Waals surface area contributed by atoms with E-state index < -0.39 is 0 Å². The molecule has 0 radical (unpaired) electrons. The molecule has 24 heavy (non-hydrogen) atoms. The molecule has 0 unspecified atom stereocenters. The van der Waals surface area contributed by atoms with Crippen molar-refractivity contribution in [2.75, 3.05) is 19.4 Å². The number of hydrazine groups is 1. The van der Waals surface area contributed by atoms with Crippen LogP contribution in [0.2, 0.25) is 0 Å². The van der Waals surface area contributed by atoms with E-state index in [1.165, 1.54) is 5.56 Å². The third-order valence-electron chi connectivity index (χ3n) is 3.27. The number of anilines is 1. The van der Waals surface area contributed by atoms with Crippen molar-refractivity contribution >= 4 is 28.9 Å². The predicted molar refractivity (Wildman–Crippen MR) is 98.7 cm³/mol. The minimum Gasteiger partial charge on any atom is -0.454 e. The lowest BCUT2D eigenvalue weighted by atomic mass is 10.1. The van der Waals surface area contributed by atoms with E-state index in [-0.39, 0.29) is 11.7 Å². The molecule has 0 aliphatic heterocycles. The third-order valence-corrected chi connectivity index (χ3v) is 3.47. The van der Waals surface area contributed by atoms with Gasteiger partial charge in [-0.25, -0.2) is 0 Å². The van der Waals surface area contributed by atoms with Gasteiger partial charge in [-0.15, -0.1) is 0 Å². The molecule has 1 aromatic heterocycles. The summed E-state index contributed by atoms with van der Waals surface area (Å²) < 4.78 is 5.47. The fourth-order valence-electron chi connectivity index (χ4n) is 2.06. The number of hydrogen-bond donors (Lipinski definition) is 3. The van der Waals surface area contributed by atoms with Gasteiger partial charge < -0.3 is 14.6 Å². The van der Waals surface area contributed by atoms with Gasteiger partial charge in [-0.1, -0.05) is 19.1 Å². The number of nitrogens with one attached hydrogen (secondary N) is 3. The summed E-state index contributed by atoms with van der Waals surface area (Å²) in [7, 11) is 3.86. The zero-order valence-electron chi connectivity index (χ0n) is 14.1. The van der Waals surface area contributed by atoms with Gasteiger partial charge in [0.05, 0.1) is 6.54 Å². The fourth-order valence-corrected chi connectivity index (χ4v) is 2.23. The number of amides is 1. The van der Waals surface area contributed by atoms with Gasteiger partial charge in [0.2, 0.25) is 0 Å². The van der Waals surface area contributed by atoms with Crippen LogP contribution in [0.15, 0.2) is 40.8 Å². The summed E-state index contributed by atoms with van der Waals surface area (Å²) in [6.07, 6.45) is 0.984. The molecule has 0 bridgehead atoms. The van der Waals surface area contributed by atoms with Crippen LogP contribution in [0.1, 0.15) is 28.8 Å². The molecule has 128 valence electrons. The van der Waals surface area contributed by atoms with Crippen molar-refractivity contribution in [1.29, 1.82) is 0 Å². The summed E-state index contributed by atoms with van der Waals surface area (Å²) in [5.74, 6) is 0.571.